The van der Waals surface area contributed by atoms with E-state index in [0.717, 1.165) is 5.69 Å². The first-order valence-corrected chi connectivity index (χ1v) is 6.24. The average Bonchev–Trinajstić information content (AvgIpc) is 2.28. The number of benzene rings is 1. The van der Waals surface area contributed by atoms with Gasteiger partial charge >= 0.3 is 0 Å². The van der Waals surface area contributed by atoms with E-state index in [1.54, 1.807) is 19.9 Å². The third-order valence-corrected chi connectivity index (χ3v) is 3.03. The van der Waals surface area contributed by atoms with Crippen LogP contribution in [0.3, 0.4) is 0 Å². The summed E-state index contributed by atoms with van der Waals surface area (Å²) in [7, 11) is 0. The van der Waals surface area contributed by atoms with Crippen LogP contribution in [0.15, 0.2) is 12.1 Å². The fourth-order valence-corrected chi connectivity index (χ4v) is 2.03. The molecule has 3 nitrogen and oxygen atoms in total. The predicted octanol–water partition coefficient (Wildman–Crippen LogP) is 2.39. The van der Waals surface area contributed by atoms with Gasteiger partial charge in [0, 0.05) is 23.8 Å². The van der Waals surface area contributed by atoms with Crippen molar-refractivity contribution in [3.8, 4) is 0 Å². The van der Waals surface area contributed by atoms with Crippen molar-refractivity contribution in [1.82, 2.24) is 0 Å². The minimum Gasteiger partial charge on any atom is -0.395 e. The minimum atomic E-state index is -0.741. The molecule has 0 aliphatic carbocycles. The van der Waals surface area contributed by atoms with Gasteiger partial charge in [-0.05, 0) is 45.4 Å². The van der Waals surface area contributed by atoms with Crippen molar-refractivity contribution < 1.29 is 14.6 Å². The van der Waals surface area contributed by atoms with Gasteiger partial charge in [0.2, 0.25) is 0 Å². The van der Waals surface area contributed by atoms with E-state index in [0.29, 0.717) is 17.7 Å². The molecule has 1 aromatic carbocycles. The first kappa shape index (κ1) is 14.9. The Morgan fingerprint density at radius 1 is 1.28 bits per heavy atom. The molecule has 2 N–H and O–H groups in total. The largest absolute Gasteiger partial charge is 0.395 e. The number of hydrogen-bond acceptors (Lipinski definition) is 3. The van der Waals surface area contributed by atoms with Crippen molar-refractivity contribution in [2.45, 2.75) is 39.8 Å². The molecule has 1 atom stereocenters. The Balaban J connectivity index is 3.30. The van der Waals surface area contributed by atoms with Gasteiger partial charge in [-0.3, -0.25) is 0 Å². The number of rotatable bonds is 5. The zero-order valence-electron chi connectivity index (χ0n) is 11.4. The molecule has 0 aliphatic rings. The molecular weight excluding hydrogens is 233 g/mol. The highest BCUT2D eigenvalue weighted by Gasteiger charge is 2.18. The fraction of sp³-hybridized carbons (Fsp3) is 0.571. The first-order chi connectivity index (χ1) is 8.38. The maximum Gasteiger partial charge on any atom is 0.126 e. The Labute approximate surface area is 108 Å². The van der Waals surface area contributed by atoms with Crippen LogP contribution in [0.4, 0.5) is 10.1 Å². The lowest BCUT2D eigenvalue weighted by Gasteiger charge is -2.31. The topological polar surface area (TPSA) is 43.7 Å². The van der Waals surface area contributed by atoms with Crippen LogP contribution in [0.25, 0.3) is 0 Å². The Morgan fingerprint density at radius 2 is 1.89 bits per heavy atom. The summed E-state index contributed by atoms with van der Waals surface area (Å²) >= 11 is 0. The molecule has 0 heterocycles. The number of aliphatic hydroxyl groups is 2. The second kappa shape index (κ2) is 6.16. The molecule has 0 saturated heterocycles. The van der Waals surface area contributed by atoms with E-state index in [9.17, 15) is 9.50 Å². The zero-order chi connectivity index (χ0) is 13.9. The standard InChI is InChI=1S/C14H22FNO2/c1-9(2)16(5-6-17)14-7-10(3)13(15)8-12(14)11(4)18/h7-9,11,17-18H,5-6H2,1-4H3/t11-/m1/s1. The SMILES string of the molecule is Cc1cc(N(CCO)C(C)C)c([C@@H](C)O)cc1F. The van der Waals surface area contributed by atoms with Crippen molar-refractivity contribution >= 4 is 5.69 Å². The van der Waals surface area contributed by atoms with Crippen LogP contribution in [0.1, 0.15) is 38.0 Å². The van der Waals surface area contributed by atoms with Crippen LogP contribution < -0.4 is 4.90 Å². The van der Waals surface area contributed by atoms with Crippen LogP contribution in [-0.4, -0.2) is 29.4 Å². The summed E-state index contributed by atoms with van der Waals surface area (Å²) in [5.74, 6) is -0.317. The van der Waals surface area contributed by atoms with Gasteiger partial charge in [0.25, 0.3) is 0 Å². The Kier molecular flexibility index (Phi) is 5.11. The summed E-state index contributed by atoms with van der Waals surface area (Å²) in [6, 6.07) is 3.27. The monoisotopic (exact) mass is 255 g/mol. The fourth-order valence-electron chi connectivity index (χ4n) is 2.03. The number of hydrogen-bond donors (Lipinski definition) is 2. The van der Waals surface area contributed by atoms with E-state index in [2.05, 4.69) is 0 Å². The van der Waals surface area contributed by atoms with Crippen molar-refractivity contribution in [2.75, 3.05) is 18.1 Å². The number of aryl methyl sites for hydroxylation is 1. The first-order valence-electron chi connectivity index (χ1n) is 6.24. The van der Waals surface area contributed by atoms with E-state index in [4.69, 9.17) is 5.11 Å². The van der Waals surface area contributed by atoms with Crippen LogP contribution in [0.5, 0.6) is 0 Å². The third-order valence-electron chi connectivity index (χ3n) is 3.03. The maximum atomic E-state index is 13.6. The lowest BCUT2D eigenvalue weighted by Crippen LogP contribution is -2.34. The molecule has 4 heteroatoms. The Hall–Kier alpha value is -1.13. The van der Waals surface area contributed by atoms with Gasteiger partial charge in [-0.1, -0.05) is 0 Å². The highest BCUT2D eigenvalue weighted by atomic mass is 19.1. The number of nitrogens with zero attached hydrogens (tertiary/aromatic N) is 1. The Bertz CT molecular complexity index is 405. The molecule has 18 heavy (non-hydrogen) atoms. The molecule has 0 fully saturated rings. The third kappa shape index (κ3) is 3.21. The molecular formula is C14H22FNO2. The van der Waals surface area contributed by atoms with E-state index in [1.165, 1.54) is 6.07 Å². The lowest BCUT2D eigenvalue weighted by atomic mass is 10.0. The molecule has 0 radical (unpaired) electrons. The molecule has 1 rings (SSSR count). The molecule has 0 amide bonds. The summed E-state index contributed by atoms with van der Waals surface area (Å²) in [5.41, 5.74) is 1.88. The summed E-state index contributed by atoms with van der Waals surface area (Å²) in [6.07, 6.45) is -0.741. The molecule has 0 spiro atoms. The highest BCUT2D eigenvalue weighted by molar-refractivity contribution is 5.57. The van der Waals surface area contributed by atoms with Gasteiger partial charge in [0.1, 0.15) is 5.82 Å². The van der Waals surface area contributed by atoms with Crippen molar-refractivity contribution in [3.63, 3.8) is 0 Å². The van der Waals surface area contributed by atoms with Crippen LogP contribution in [0.2, 0.25) is 0 Å². The van der Waals surface area contributed by atoms with Gasteiger partial charge < -0.3 is 15.1 Å². The zero-order valence-corrected chi connectivity index (χ0v) is 11.4. The normalized spacial score (nSPS) is 12.9. The predicted molar refractivity (Wildman–Crippen MR) is 71.3 cm³/mol. The summed E-state index contributed by atoms with van der Waals surface area (Å²) < 4.78 is 13.6. The maximum absolute atomic E-state index is 13.6. The summed E-state index contributed by atoms with van der Waals surface area (Å²) in [6.45, 7) is 7.80. The van der Waals surface area contributed by atoms with Crippen molar-refractivity contribution in [1.29, 1.82) is 0 Å². The Morgan fingerprint density at radius 3 is 2.33 bits per heavy atom. The quantitative estimate of drug-likeness (QED) is 0.849. The van der Waals surface area contributed by atoms with E-state index in [1.807, 2.05) is 18.7 Å². The highest BCUT2D eigenvalue weighted by Crippen LogP contribution is 2.30. The van der Waals surface area contributed by atoms with E-state index >= 15 is 0 Å². The van der Waals surface area contributed by atoms with Crippen LogP contribution >= 0.6 is 0 Å². The minimum absolute atomic E-state index is 0.0217. The molecule has 0 aliphatic heterocycles. The van der Waals surface area contributed by atoms with Gasteiger partial charge in [-0.25, -0.2) is 4.39 Å². The van der Waals surface area contributed by atoms with Gasteiger partial charge in [0.05, 0.1) is 12.7 Å². The molecule has 1 aromatic rings. The van der Waals surface area contributed by atoms with Crippen LogP contribution in [0, 0.1) is 12.7 Å². The second-order valence-corrected chi connectivity index (χ2v) is 4.85. The second-order valence-electron chi connectivity index (χ2n) is 4.85. The van der Waals surface area contributed by atoms with Crippen LogP contribution in [-0.2, 0) is 0 Å². The van der Waals surface area contributed by atoms with Crippen molar-refractivity contribution in [3.05, 3.63) is 29.1 Å². The van der Waals surface area contributed by atoms with Crippen molar-refractivity contribution in [2.24, 2.45) is 0 Å². The lowest BCUT2D eigenvalue weighted by molar-refractivity contribution is 0.198. The summed E-state index contributed by atoms with van der Waals surface area (Å²) in [4.78, 5) is 1.97. The smallest absolute Gasteiger partial charge is 0.126 e. The van der Waals surface area contributed by atoms with E-state index in [-0.39, 0.29) is 18.5 Å². The number of anilines is 1. The summed E-state index contributed by atoms with van der Waals surface area (Å²) in [5, 5.41) is 18.9. The number of aliphatic hydroxyl groups excluding tert-OH is 2. The molecule has 0 aromatic heterocycles. The van der Waals surface area contributed by atoms with Gasteiger partial charge in [-0.2, -0.15) is 0 Å². The van der Waals surface area contributed by atoms with Gasteiger partial charge in [-0.15, -0.1) is 0 Å². The molecule has 0 bridgehead atoms. The number of halogens is 1. The molecule has 0 saturated carbocycles. The average molecular weight is 255 g/mol. The van der Waals surface area contributed by atoms with E-state index < -0.39 is 6.10 Å². The molecule has 0 unspecified atom stereocenters. The van der Waals surface area contributed by atoms with Gasteiger partial charge in [0.15, 0.2) is 0 Å². The molecule has 102 valence electrons.